The van der Waals surface area contributed by atoms with Crippen molar-refractivity contribution in [1.82, 2.24) is 10.2 Å². The van der Waals surface area contributed by atoms with E-state index in [2.05, 4.69) is 32.6 Å². The number of anilines is 2. The topological polar surface area (TPSA) is 64.7 Å². The van der Waals surface area contributed by atoms with E-state index in [1.165, 1.54) is 17.7 Å². The highest BCUT2D eigenvalue weighted by molar-refractivity contribution is 6.06. The van der Waals surface area contributed by atoms with E-state index in [0.717, 1.165) is 51.7 Å². The third-order valence-electron chi connectivity index (χ3n) is 8.25. The van der Waals surface area contributed by atoms with Crippen molar-refractivity contribution < 1.29 is 35.9 Å². The summed E-state index contributed by atoms with van der Waals surface area (Å²) in [6.45, 7) is 3.54. The second-order valence-electron chi connectivity index (χ2n) is 11.5. The van der Waals surface area contributed by atoms with Crippen LogP contribution in [0.5, 0.6) is 0 Å². The third-order valence-corrected chi connectivity index (χ3v) is 8.25. The van der Waals surface area contributed by atoms with E-state index < -0.39 is 35.0 Å². The fraction of sp³-hybridized carbons (Fsp3) is 0.394. The quantitative estimate of drug-likeness (QED) is 0.267. The van der Waals surface area contributed by atoms with E-state index in [4.69, 9.17) is 0 Å². The normalized spacial score (nSPS) is 16.8. The van der Waals surface area contributed by atoms with Crippen LogP contribution in [0.1, 0.15) is 69.5 Å². The van der Waals surface area contributed by atoms with Crippen molar-refractivity contribution in [2.24, 2.45) is 0 Å². The van der Waals surface area contributed by atoms with Gasteiger partial charge in [-0.15, -0.1) is 0 Å². The largest absolute Gasteiger partial charge is 0.416 e. The van der Waals surface area contributed by atoms with Crippen LogP contribution in [-0.2, 0) is 18.9 Å². The summed E-state index contributed by atoms with van der Waals surface area (Å²) < 4.78 is 80.2. The average molecular weight is 633 g/mol. The smallest absolute Gasteiger partial charge is 0.368 e. The Morgan fingerprint density at radius 3 is 1.96 bits per heavy atom. The van der Waals surface area contributed by atoms with Crippen LogP contribution in [0.25, 0.3) is 0 Å². The molecule has 5 rings (SSSR count). The molecule has 2 fully saturated rings. The first-order valence-corrected chi connectivity index (χ1v) is 14.9. The molecule has 0 unspecified atom stereocenters. The van der Waals surface area contributed by atoms with Gasteiger partial charge in [-0.25, -0.2) is 0 Å². The molecule has 0 atom stereocenters. The van der Waals surface area contributed by atoms with E-state index in [1.807, 2.05) is 18.2 Å². The average Bonchev–Trinajstić information content (AvgIpc) is 3.01. The third kappa shape index (κ3) is 8.36. The van der Waals surface area contributed by atoms with Crippen LogP contribution in [0.4, 0.5) is 37.7 Å². The first-order valence-electron chi connectivity index (χ1n) is 14.9. The van der Waals surface area contributed by atoms with Gasteiger partial charge in [0.25, 0.3) is 11.8 Å². The summed E-state index contributed by atoms with van der Waals surface area (Å²) >= 11 is 0. The lowest BCUT2D eigenvalue weighted by Crippen LogP contribution is -2.46. The number of nitrogens with one attached hydrogen (secondary N) is 2. The van der Waals surface area contributed by atoms with Crippen molar-refractivity contribution in [3.63, 3.8) is 0 Å². The fourth-order valence-corrected chi connectivity index (χ4v) is 5.86. The van der Waals surface area contributed by atoms with Gasteiger partial charge in [-0.2, -0.15) is 26.3 Å². The number of carbonyl (C=O) groups is 2. The van der Waals surface area contributed by atoms with Gasteiger partial charge < -0.3 is 15.5 Å². The van der Waals surface area contributed by atoms with Crippen LogP contribution >= 0.6 is 0 Å². The van der Waals surface area contributed by atoms with Gasteiger partial charge >= 0.3 is 12.4 Å². The second kappa shape index (κ2) is 13.5. The molecule has 2 aliphatic rings. The van der Waals surface area contributed by atoms with E-state index in [-0.39, 0.29) is 29.3 Å². The van der Waals surface area contributed by atoms with Gasteiger partial charge in [-0.3, -0.25) is 14.5 Å². The Morgan fingerprint density at radius 1 is 0.733 bits per heavy atom. The zero-order valence-electron chi connectivity index (χ0n) is 24.5. The molecule has 0 spiro atoms. The Hall–Kier alpha value is -4.06. The van der Waals surface area contributed by atoms with E-state index in [0.29, 0.717) is 30.9 Å². The summed E-state index contributed by atoms with van der Waals surface area (Å²) in [5.41, 5.74) is -1.79. The van der Waals surface area contributed by atoms with Crippen LogP contribution in [0.15, 0.2) is 66.7 Å². The molecule has 0 bridgehead atoms. The summed E-state index contributed by atoms with van der Waals surface area (Å²) in [7, 11) is 0. The molecule has 3 aromatic rings. The van der Waals surface area contributed by atoms with E-state index in [1.54, 1.807) is 6.07 Å². The van der Waals surface area contributed by atoms with Crippen LogP contribution in [0.2, 0.25) is 0 Å². The molecule has 0 aromatic heterocycles. The van der Waals surface area contributed by atoms with Gasteiger partial charge in [0.15, 0.2) is 0 Å². The van der Waals surface area contributed by atoms with Gasteiger partial charge in [0, 0.05) is 55.7 Å². The fourth-order valence-electron chi connectivity index (χ4n) is 5.86. The maximum absolute atomic E-state index is 13.6. The van der Waals surface area contributed by atoms with Gasteiger partial charge in [-0.1, -0.05) is 49.6 Å². The monoisotopic (exact) mass is 632 g/mol. The molecule has 240 valence electrons. The maximum atomic E-state index is 13.6. The number of piperazine rings is 1. The molecule has 2 N–H and O–H groups in total. The van der Waals surface area contributed by atoms with Gasteiger partial charge in [-0.05, 0) is 54.8 Å². The van der Waals surface area contributed by atoms with Crippen LogP contribution in [0, 0.1) is 0 Å². The minimum atomic E-state index is -5.09. The summed E-state index contributed by atoms with van der Waals surface area (Å²) in [5.74, 6) is -1.51. The van der Waals surface area contributed by atoms with Crippen molar-refractivity contribution in [2.45, 2.75) is 57.0 Å². The Balaban J connectivity index is 1.38. The zero-order valence-corrected chi connectivity index (χ0v) is 24.5. The van der Waals surface area contributed by atoms with Crippen molar-refractivity contribution >= 4 is 23.2 Å². The summed E-state index contributed by atoms with van der Waals surface area (Å²) in [5, 5.41) is 5.48. The highest BCUT2D eigenvalue weighted by Crippen LogP contribution is 2.37. The SMILES string of the molecule is O=C(Nc1ccc(N2CCN(Cc3ccccc3)CC2)c(C(=O)NC2CCCCC2)c1)c1cc(C(F)(F)F)cc(C(F)(F)F)c1. The number of nitrogens with zero attached hydrogens (tertiary/aromatic N) is 2. The molecule has 12 heteroatoms. The molecule has 3 aromatic carbocycles. The number of benzene rings is 3. The Labute approximate surface area is 257 Å². The Kier molecular flexibility index (Phi) is 9.71. The van der Waals surface area contributed by atoms with Crippen LogP contribution in [-0.4, -0.2) is 48.9 Å². The van der Waals surface area contributed by atoms with Crippen molar-refractivity contribution in [1.29, 1.82) is 0 Å². The molecule has 6 nitrogen and oxygen atoms in total. The number of hydrogen-bond donors (Lipinski definition) is 2. The van der Waals surface area contributed by atoms with Gasteiger partial charge in [0.1, 0.15) is 0 Å². The highest BCUT2D eigenvalue weighted by atomic mass is 19.4. The predicted octanol–water partition coefficient (Wildman–Crippen LogP) is 7.36. The zero-order chi connectivity index (χ0) is 32.2. The summed E-state index contributed by atoms with van der Waals surface area (Å²) in [6.07, 6.45) is -5.42. The molecular weight excluding hydrogens is 598 g/mol. The second-order valence-corrected chi connectivity index (χ2v) is 11.5. The maximum Gasteiger partial charge on any atom is 0.416 e. The van der Waals surface area contributed by atoms with Crippen molar-refractivity contribution in [3.8, 4) is 0 Å². The van der Waals surface area contributed by atoms with Crippen molar-refractivity contribution in [3.05, 3.63) is 94.5 Å². The summed E-state index contributed by atoms with van der Waals surface area (Å²) in [6, 6.07) is 15.4. The van der Waals surface area contributed by atoms with E-state index in [9.17, 15) is 35.9 Å². The van der Waals surface area contributed by atoms with Crippen LogP contribution < -0.4 is 15.5 Å². The highest BCUT2D eigenvalue weighted by Gasteiger charge is 2.37. The van der Waals surface area contributed by atoms with Crippen LogP contribution in [0.3, 0.4) is 0 Å². The molecule has 2 amide bonds. The number of hydrogen-bond acceptors (Lipinski definition) is 4. The van der Waals surface area contributed by atoms with E-state index >= 15 is 0 Å². The first-order chi connectivity index (χ1) is 21.4. The lowest BCUT2D eigenvalue weighted by Gasteiger charge is -2.37. The molecule has 1 aliphatic heterocycles. The minimum Gasteiger partial charge on any atom is -0.368 e. The van der Waals surface area contributed by atoms with Crippen molar-refractivity contribution in [2.75, 3.05) is 36.4 Å². The van der Waals surface area contributed by atoms with Gasteiger partial charge in [0.05, 0.1) is 16.7 Å². The molecular formula is C33H34F6N4O2. The molecule has 1 saturated heterocycles. The summed E-state index contributed by atoms with van der Waals surface area (Å²) in [4.78, 5) is 31.0. The molecule has 1 aliphatic carbocycles. The first kappa shape index (κ1) is 32.3. The predicted molar refractivity (Wildman–Crippen MR) is 159 cm³/mol. The number of amides is 2. The lowest BCUT2D eigenvalue weighted by atomic mass is 9.95. The number of carbonyl (C=O) groups excluding carboxylic acids is 2. The molecule has 45 heavy (non-hydrogen) atoms. The Bertz CT molecular complexity index is 1460. The molecule has 1 saturated carbocycles. The standard InChI is InChI=1S/C33H34F6N4O2/c34-32(35,36)24-17-23(18-25(19-24)33(37,38)39)30(44)41-27-11-12-29(28(20-27)31(45)40-26-9-5-2-6-10-26)43-15-13-42(14-16-43)21-22-7-3-1-4-8-22/h1,3-4,7-8,11-12,17-20,26H,2,5-6,9-10,13-16,21H2,(H,40,45)(H,41,44). The number of rotatable bonds is 7. The Morgan fingerprint density at radius 2 is 1.36 bits per heavy atom. The number of halogens is 6. The lowest BCUT2D eigenvalue weighted by molar-refractivity contribution is -0.143. The minimum absolute atomic E-state index is 0.00837. The number of alkyl halides is 6. The molecule has 1 heterocycles. The van der Waals surface area contributed by atoms with Gasteiger partial charge in [0.2, 0.25) is 0 Å². The molecule has 0 radical (unpaired) electrons.